The lowest BCUT2D eigenvalue weighted by molar-refractivity contribution is -0.132. The van der Waals surface area contributed by atoms with Crippen molar-refractivity contribution in [1.29, 1.82) is 0 Å². The average molecular weight is 378 g/mol. The van der Waals surface area contributed by atoms with Crippen molar-refractivity contribution in [2.45, 2.75) is 25.3 Å². The first-order chi connectivity index (χ1) is 13.1. The summed E-state index contributed by atoms with van der Waals surface area (Å²) in [5, 5.41) is 3.28. The number of nitrogens with zero attached hydrogens (tertiary/aromatic N) is 2. The lowest BCUT2D eigenvalue weighted by Crippen LogP contribution is -2.47. The van der Waals surface area contributed by atoms with Crippen molar-refractivity contribution in [3.63, 3.8) is 0 Å². The van der Waals surface area contributed by atoms with Crippen molar-refractivity contribution in [3.8, 4) is 0 Å². The number of amides is 1. The van der Waals surface area contributed by atoms with Gasteiger partial charge in [-0.2, -0.15) is 0 Å². The molecule has 3 aromatic rings. The highest BCUT2D eigenvalue weighted by Gasteiger charge is 2.36. The third kappa shape index (κ3) is 3.60. The van der Waals surface area contributed by atoms with Crippen LogP contribution in [0.5, 0.6) is 0 Å². The first kappa shape index (κ1) is 17.7. The van der Waals surface area contributed by atoms with Crippen LogP contribution >= 0.6 is 11.3 Å². The van der Waals surface area contributed by atoms with Crippen LogP contribution in [0.1, 0.15) is 30.0 Å². The van der Waals surface area contributed by atoms with E-state index >= 15 is 0 Å². The normalized spacial score (nSPS) is 20.1. The molecule has 1 aromatic heterocycles. The van der Waals surface area contributed by atoms with Gasteiger partial charge in [0.15, 0.2) is 5.96 Å². The Balaban J connectivity index is 1.58. The van der Waals surface area contributed by atoms with Gasteiger partial charge in [0.2, 0.25) is 5.91 Å². The summed E-state index contributed by atoms with van der Waals surface area (Å²) in [5.74, 6) is 0.183. The highest BCUT2D eigenvalue weighted by molar-refractivity contribution is 7.17. The van der Waals surface area contributed by atoms with Gasteiger partial charge >= 0.3 is 0 Å². The molecule has 1 aliphatic rings. The quantitative estimate of drug-likeness (QED) is 0.718. The number of guanidine groups is 1. The Labute approximate surface area is 163 Å². The molecule has 4 rings (SSSR count). The lowest BCUT2D eigenvalue weighted by atomic mass is 9.86. The van der Waals surface area contributed by atoms with Gasteiger partial charge in [-0.15, -0.1) is 11.3 Å². The first-order valence-electron chi connectivity index (χ1n) is 9.25. The zero-order valence-electron chi connectivity index (χ0n) is 15.3. The number of hydrogen-bond donors (Lipinski definition) is 1. The lowest BCUT2D eigenvalue weighted by Gasteiger charge is -2.33. The van der Waals surface area contributed by atoms with Crippen molar-refractivity contribution < 1.29 is 4.79 Å². The molecule has 0 saturated heterocycles. The zero-order chi connectivity index (χ0) is 18.8. The molecule has 2 aromatic carbocycles. The standard InChI is InChI=1S/C22H23N3OS/c1-25-21(26)18(9-5-8-15-6-3-2-4-7-15)20(24-22(25)23)17-10-11-19-16(14-17)12-13-27-19/h2-4,6-7,10-14,18,20H,5,8-9H2,1H3,(H2,23,24)/t18?,20-/m1/s1. The molecule has 1 unspecified atom stereocenters. The van der Waals surface area contributed by atoms with Crippen LogP contribution in [0.2, 0.25) is 0 Å². The van der Waals surface area contributed by atoms with Crippen molar-refractivity contribution in [2.24, 2.45) is 16.6 Å². The molecule has 2 atom stereocenters. The maximum atomic E-state index is 12.9. The Kier molecular flexibility index (Phi) is 4.94. The number of benzene rings is 2. The summed E-state index contributed by atoms with van der Waals surface area (Å²) >= 11 is 1.72. The van der Waals surface area contributed by atoms with Crippen LogP contribution in [0, 0.1) is 5.92 Å². The van der Waals surface area contributed by atoms with E-state index in [1.165, 1.54) is 20.5 Å². The molecule has 0 saturated carbocycles. The summed E-state index contributed by atoms with van der Waals surface area (Å²) in [6.07, 6.45) is 2.70. The molecule has 1 amide bonds. The number of aliphatic imine (C=N–C) groups is 1. The average Bonchev–Trinajstić information content (AvgIpc) is 3.16. The molecule has 0 aliphatic carbocycles. The molecule has 0 radical (unpaired) electrons. The van der Waals surface area contributed by atoms with Crippen LogP contribution < -0.4 is 5.73 Å². The van der Waals surface area contributed by atoms with Crippen LogP contribution in [0.4, 0.5) is 0 Å². The van der Waals surface area contributed by atoms with Gasteiger partial charge < -0.3 is 5.73 Å². The van der Waals surface area contributed by atoms with Crippen LogP contribution in [0.3, 0.4) is 0 Å². The van der Waals surface area contributed by atoms with Gasteiger partial charge in [-0.3, -0.25) is 9.69 Å². The van der Waals surface area contributed by atoms with Gasteiger partial charge in [0.1, 0.15) is 0 Å². The van der Waals surface area contributed by atoms with Crippen LogP contribution in [0.25, 0.3) is 10.1 Å². The van der Waals surface area contributed by atoms with E-state index in [4.69, 9.17) is 5.73 Å². The summed E-state index contributed by atoms with van der Waals surface area (Å²) < 4.78 is 1.25. The number of carbonyl (C=O) groups excluding carboxylic acids is 1. The van der Waals surface area contributed by atoms with Crippen LogP contribution in [-0.2, 0) is 11.2 Å². The molecule has 2 N–H and O–H groups in total. The Morgan fingerprint density at radius 2 is 1.96 bits per heavy atom. The number of hydrogen-bond acceptors (Lipinski definition) is 4. The molecule has 0 bridgehead atoms. The molecule has 4 nitrogen and oxygen atoms in total. The van der Waals surface area contributed by atoms with E-state index in [0.717, 1.165) is 24.8 Å². The van der Waals surface area contributed by atoms with Gasteiger partial charge in [0.25, 0.3) is 0 Å². The monoisotopic (exact) mass is 377 g/mol. The Bertz CT molecular complexity index is 979. The predicted molar refractivity (Wildman–Crippen MR) is 112 cm³/mol. The predicted octanol–water partition coefficient (Wildman–Crippen LogP) is 4.37. The van der Waals surface area contributed by atoms with Crippen LogP contribution in [-0.4, -0.2) is 23.8 Å². The van der Waals surface area contributed by atoms with Crippen molar-refractivity contribution in [2.75, 3.05) is 7.05 Å². The molecule has 2 heterocycles. The highest BCUT2D eigenvalue weighted by atomic mass is 32.1. The van der Waals surface area contributed by atoms with Gasteiger partial charge in [0, 0.05) is 11.7 Å². The minimum atomic E-state index is -0.214. The molecule has 0 fully saturated rings. The maximum Gasteiger partial charge on any atom is 0.234 e. The fraction of sp³-hybridized carbons (Fsp3) is 0.273. The van der Waals surface area contributed by atoms with Gasteiger partial charge in [-0.1, -0.05) is 36.4 Å². The molecule has 0 spiro atoms. The largest absolute Gasteiger partial charge is 0.369 e. The molecule has 1 aliphatic heterocycles. The summed E-state index contributed by atoms with van der Waals surface area (Å²) in [5.41, 5.74) is 8.39. The second kappa shape index (κ2) is 7.53. The zero-order valence-corrected chi connectivity index (χ0v) is 16.2. The summed E-state index contributed by atoms with van der Waals surface area (Å²) in [7, 11) is 1.71. The maximum absolute atomic E-state index is 12.9. The van der Waals surface area contributed by atoms with Gasteiger partial charge in [-0.05, 0) is 59.4 Å². The number of fused-ring (bicyclic) bond motifs is 1. The highest BCUT2D eigenvalue weighted by Crippen LogP contribution is 2.36. The van der Waals surface area contributed by atoms with E-state index in [0.29, 0.717) is 5.96 Å². The van der Waals surface area contributed by atoms with E-state index in [1.807, 2.05) is 6.07 Å². The van der Waals surface area contributed by atoms with E-state index in [9.17, 15) is 4.79 Å². The molecular weight excluding hydrogens is 354 g/mol. The van der Waals surface area contributed by atoms with Crippen molar-refractivity contribution in [3.05, 3.63) is 71.1 Å². The third-order valence-electron chi connectivity index (χ3n) is 5.29. The minimum Gasteiger partial charge on any atom is -0.369 e. The van der Waals surface area contributed by atoms with Crippen LogP contribution in [0.15, 0.2) is 65.0 Å². The Morgan fingerprint density at radius 3 is 2.78 bits per heavy atom. The van der Waals surface area contributed by atoms with Gasteiger partial charge in [-0.25, -0.2) is 4.99 Å². The van der Waals surface area contributed by atoms with Crippen molar-refractivity contribution in [1.82, 2.24) is 4.90 Å². The Morgan fingerprint density at radius 1 is 1.15 bits per heavy atom. The number of aryl methyl sites for hydroxylation is 1. The third-order valence-corrected chi connectivity index (χ3v) is 6.18. The number of carbonyl (C=O) groups is 1. The summed E-state index contributed by atoms with van der Waals surface area (Å²) in [4.78, 5) is 19.1. The SMILES string of the molecule is CN1C(=O)C(CCCc2ccccc2)[C@@H](c2ccc3sccc3c2)N=C1N. The first-order valence-corrected chi connectivity index (χ1v) is 10.1. The summed E-state index contributed by atoms with van der Waals surface area (Å²) in [6, 6.07) is 18.6. The topological polar surface area (TPSA) is 58.7 Å². The van der Waals surface area contributed by atoms with Gasteiger partial charge in [0.05, 0.1) is 12.0 Å². The van der Waals surface area contributed by atoms with E-state index in [1.54, 1.807) is 18.4 Å². The fourth-order valence-electron chi connectivity index (χ4n) is 3.74. The molecule has 138 valence electrons. The Hall–Kier alpha value is -2.66. The molecule has 27 heavy (non-hydrogen) atoms. The number of rotatable bonds is 5. The minimum absolute atomic E-state index is 0.0611. The summed E-state index contributed by atoms with van der Waals surface area (Å²) in [6.45, 7) is 0. The second-order valence-electron chi connectivity index (χ2n) is 7.03. The fourth-order valence-corrected chi connectivity index (χ4v) is 4.51. The molecule has 5 heteroatoms. The molecular formula is C22H23N3OS. The van der Waals surface area contributed by atoms with E-state index in [2.05, 4.69) is 58.9 Å². The van der Waals surface area contributed by atoms with Crippen molar-refractivity contribution >= 4 is 33.3 Å². The second-order valence-corrected chi connectivity index (χ2v) is 7.98. The number of thiophene rings is 1. The van der Waals surface area contributed by atoms with E-state index < -0.39 is 0 Å². The smallest absolute Gasteiger partial charge is 0.234 e. The van der Waals surface area contributed by atoms with E-state index in [-0.39, 0.29) is 17.9 Å². The number of nitrogens with two attached hydrogens (primary N) is 1.